The summed E-state index contributed by atoms with van der Waals surface area (Å²) in [6, 6.07) is 0. The second kappa shape index (κ2) is 14.8. The molecule has 4 heterocycles. The normalized spacial score (nSPS) is 28.8. The third-order valence-electron chi connectivity index (χ3n) is 7.83. The molecule has 2 fully saturated rings. The minimum absolute atomic E-state index is 0.00317. The SMILES string of the molecule is CC[C@H]1O[C@@H](n2cc(CC(=O)OC)c(=O)[nH]c2=S)C(O)C1C.CC[C@H]1O[C@@H](n2cc(CNC)c(=O)[nH]c2=S)C(O)C1C. The van der Waals surface area contributed by atoms with Crippen molar-refractivity contribution in [3.63, 3.8) is 0 Å². The van der Waals surface area contributed by atoms with Gasteiger partial charge in [0.05, 0.1) is 25.7 Å². The topological polar surface area (TPSA) is 173 Å². The van der Waals surface area contributed by atoms with E-state index in [0.717, 1.165) is 12.8 Å². The van der Waals surface area contributed by atoms with Crippen molar-refractivity contribution in [3.8, 4) is 0 Å². The van der Waals surface area contributed by atoms with Crippen molar-refractivity contribution in [2.75, 3.05) is 14.2 Å². The number of carbonyl (C=O) groups excluding carboxylic acids is 1. The zero-order chi connectivity index (χ0) is 31.3. The maximum Gasteiger partial charge on any atom is 0.310 e. The average Bonchev–Trinajstić information content (AvgIpc) is 3.41. The lowest BCUT2D eigenvalue weighted by atomic mass is 9.99. The lowest BCUT2D eigenvalue weighted by Crippen LogP contribution is -2.28. The van der Waals surface area contributed by atoms with Gasteiger partial charge in [0.2, 0.25) is 0 Å². The van der Waals surface area contributed by atoms with Gasteiger partial charge in [-0.3, -0.25) is 33.5 Å². The van der Waals surface area contributed by atoms with E-state index in [2.05, 4.69) is 20.0 Å². The van der Waals surface area contributed by atoms with Crippen LogP contribution in [0.1, 0.15) is 64.1 Å². The zero-order valence-corrected chi connectivity index (χ0v) is 26.3. The summed E-state index contributed by atoms with van der Waals surface area (Å²) >= 11 is 10.3. The molecule has 2 aromatic rings. The van der Waals surface area contributed by atoms with E-state index in [-0.39, 0.29) is 51.1 Å². The number of nitrogens with one attached hydrogen (secondary N) is 3. The van der Waals surface area contributed by atoms with E-state index in [4.69, 9.17) is 33.9 Å². The molecule has 5 N–H and O–H groups in total. The van der Waals surface area contributed by atoms with Crippen LogP contribution in [0, 0.1) is 21.4 Å². The number of esters is 1. The van der Waals surface area contributed by atoms with E-state index in [1.165, 1.54) is 17.9 Å². The molecule has 15 heteroatoms. The van der Waals surface area contributed by atoms with Gasteiger partial charge in [-0.05, 0) is 44.3 Å². The number of nitrogens with zero attached hydrogens (tertiary/aromatic N) is 2. The molecule has 0 aliphatic carbocycles. The summed E-state index contributed by atoms with van der Waals surface area (Å²) in [6.07, 6.45) is 1.85. The molecule has 0 bridgehead atoms. The first kappa shape index (κ1) is 34.0. The fourth-order valence-electron chi connectivity index (χ4n) is 5.22. The van der Waals surface area contributed by atoms with Crippen LogP contribution in [0.3, 0.4) is 0 Å². The Bertz CT molecular complexity index is 1470. The fraction of sp³-hybridized carbons (Fsp3) is 0.667. The van der Waals surface area contributed by atoms with Gasteiger partial charge >= 0.3 is 5.97 Å². The highest BCUT2D eigenvalue weighted by Crippen LogP contribution is 2.36. The number of rotatable bonds is 8. The van der Waals surface area contributed by atoms with Crippen molar-refractivity contribution in [1.82, 2.24) is 24.4 Å². The first-order valence-electron chi connectivity index (χ1n) is 13.9. The molecule has 42 heavy (non-hydrogen) atoms. The quantitative estimate of drug-likeness (QED) is 0.214. The molecule has 234 valence electrons. The number of hydrogen-bond donors (Lipinski definition) is 5. The van der Waals surface area contributed by atoms with Crippen LogP contribution in [-0.2, 0) is 32.0 Å². The highest BCUT2D eigenvalue weighted by molar-refractivity contribution is 7.71. The van der Waals surface area contributed by atoms with Crippen LogP contribution in [0.15, 0.2) is 22.0 Å². The molecule has 8 atom stereocenters. The third-order valence-corrected chi connectivity index (χ3v) is 8.45. The maximum absolute atomic E-state index is 11.9. The van der Waals surface area contributed by atoms with Crippen molar-refractivity contribution in [3.05, 3.63) is 53.8 Å². The zero-order valence-electron chi connectivity index (χ0n) is 24.7. The molecule has 2 aliphatic rings. The van der Waals surface area contributed by atoms with Crippen molar-refractivity contribution >= 4 is 30.4 Å². The molecule has 0 radical (unpaired) electrons. The Morgan fingerprint density at radius 3 is 1.74 bits per heavy atom. The number of aliphatic hydroxyl groups is 2. The first-order chi connectivity index (χ1) is 19.9. The largest absolute Gasteiger partial charge is 0.469 e. The van der Waals surface area contributed by atoms with Gasteiger partial charge in [-0.25, -0.2) is 0 Å². The Kier molecular flexibility index (Phi) is 11.9. The molecule has 2 aromatic heterocycles. The number of ether oxygens (including phenoxy) is 3. The Balaban J connectivity index is 0.000000231. The lowest BCUT2D eigenvalue weighted by molar-refractivity contribution is -0.139. The number of aromatic nitrogens is 4. The van der Waals surface area contributed by atoms with Gasteiger partial charge < -0.3 is 29.7 Å². The van der Waals surface area contributed by atoms with Gasteiger partial charge in [0.25, 0.3) is 11.1 Å². The molecule has 2 saturated heterocycles. The van der Waals surface area contributed by atoms with Gasteiger partial charge in [-0.15, -0.1) is 0 Å². The molecule has 0 aromatic carbocycles. The summed E-state index contributed by atoms with van der Waals surface area (Å²) in [5, 5.41) is 23.6. The standard InChI is InChI=1S/C14H20N2O5S.C13H21N3O3S/c1-4-9-7(2)11(18)13(21-9)16-6-8(5-10(17)20-3)12(19)15-14(16)22;1-4-9-7(2)10(17)12(19-9)16-6-8(5-14-3)11(18)15-13(16)20/h6-7,9,11,13,18H,4-5H2,1-3H3,(H,15,19,22);6-7,9-10,12,14,17H,4-5H2,1-3H3,(H,15,18,20)/t7?,9-,11?,13-;7?,9-,10?,12-/m11/s1. The second-order valence-corrected chi connectivity index (χ2v) is 11.3. The van der Waals surface area contributed by atoms with Crippen LogP contribution >= 0.6 is 24.4 Å². The minimum atomic E-state index is -0.742. The smallest absolute Gasteiger partial charge is 0.310 e. The van der Waals surface area contributed by atoms with Crippen LogP contribution in [0.4, 0.5) is 0 Å². The number of hydrogen-bond acceptors (Lipinski definition) is 11. The molecule has 0 saturated carbocycles. The first-order valence-corrected chi connectivity index (χ1v) is 14.8. The predicted octanol–water partition coefficient (Wildman–Crippen LogP) is 1.86. The predicted molar refractivity (Wildman–Crippen MR) is 159 cm³/mol. The number of aliphatic hydroxyl groups excluding tert-OH is 2. The lowest BCUT2D eigenvalue weighted by Gasteiger charge is -2.19. The van der Waals surface area contributed by atoms with E-state index >= 15 is 0 Å². The minimum Gasteiger partial charge on any atom is -0.469 e. The molecule has 0 amide bonds. The fourth-order valence-corrected chi connectivity index (χ4v) is 5.72. The van der Waals surface area contributed by atoms with Gasteiger partial charge in [-0.2, -0.15) is 0 Å². The van der Waals surface area contributed by atoms with Crippen molar-refractivity contribution < 1.29 is 29.2 Å². The van der Waals surface area contributed by atoms with Crippen LogP contribution in [-0.4, -0.2) is 73.9 Å². The van der Waals surface area contributed by atoms with Crippen LogP contribution in [0.25, 0.3) is 0 Å². The molecule has 4 unspecified atom stereocenters. The maximum atomic E-state index is 11.9. The van der Waals surface area contributed by atoms with Gasteiger partial charge in [0.15, 0.2) is 22.0 Å². The summed E-state index contributed by atoms with van der Waals surface area (Å²) < 4.78 is 19.8. The van der Waals surface area contributed by atoms with Crippen molar-refractivity contribution in [2.24, 2.45) is 11.8 Å². The second-order valence-electron chi connectivity index (χ2n) is 10.6. The molecule has 4 rings (SSSR count). The molecular weight excluding hydrogens is 586 g/mol. The van der Waals surface area contributed by atoms with Crippen LogP contribution < -0.4 is 16.4 Å². The Hall–Kier alpha value is -2.53. The van der Waals surface area contributed by atoms with Crippen molar-refractivity contribution in [2.45, 2.75) is 90.4 Å². The average molecular weight is 628 g/mol. The van der Waals surface area contributed by atoms with Gasteiger partial charge in [0.1, 0.15) is 12.2 Å². The Labute approximate surface area is 253 Å². The van der Waals surface area contributed by atoms with E-state index in [1.807, 2.05) is 27.7 Å². The van der Waals surface area contributed by atoms with Crippen LogP contribution in [0.5, 0.6) is 0 Å². The third kappa shape index (κ3) is 7.33. The summed E-state index contributed by atoms with van der Waals surface area (Å²) in [5.41, 5.74) is 0.112. The van der Waals surface area contributed by atoms with E-state index in [9.17, 15) is 24.6 Å². The van der Waals surface area contributed by atoms with E-state index in [0.29, 0.717) is 12.1 Å². The molecule has 0 spiro atoms. The molecule has 2 aliphatic heterocycles. The Morgan fingerprint density at radius 2 is 1.36 bits per heavy atom. The van der Waals surface area contributed by atoms with E-state index < -0.39 is 36.2 Å². The summed E-state index contributed by atoms with van der Waals surface area (Å²) in [7, 11) is 3.02. The Morgan fingerprint density at radius 1 is 0.929 bits per heavy atom. The summed E-state index contributed by atoms with van der Waals surface area (Å²) in [4.78, 5) is 40.2. The highest BCUT2D eigenvalue weighted by Gasteiger charge is 2.42. The number of methoxy groups -OCH3 is 1. The number of carbonyl (C=O) groups is 1. The monoisotopic (exact) mass is 627 g/mol. The number of aromatic amines is 2. The van der Waals surface area contributed by atoms with Crippen LogP contribution in [0.2, 0.25) is 0 Å². The molecule has 13 nitrogen and oxygen atoms in total. The van der Waals surface area contributed by atoms with Crippen molar-refractivity contribution in [1.29, 1.82) is 0 Å². The number of H-pyrrole nitrogens is 2. The van der Waals surface area contributed by atoms with Gasteiger partial charge in [-0.1, -0.05) is 27.7 Å². The highest BCUT2D eigenvalue weighted by atomic mass is 32.1. The molecular formula is C27H41N5O8S2. The van der Waals surface area contributed by atoms with E-state index in [1.54, 1.807) is 17.8 Å². The van der Waals surface area contributed by atoms with Gasteiger partial charge in [0, 0.05) is 41.9 Å². The summed E-state index contributed by atoms with van der Waals surface area (Å²) in [5.74, 6) is -0.540. The summed E-state index contributed by atoms with van der Waals surface area (Å²) in [6.45, 7) is 8.30.